The second-order valence-electron chi connectivity index (χ2n) is 4.31. The molecule has 0 saturated heterocycles. The number of aromatic nitrogens is 2. The maximum atomic E-state index is 12.8. The average molecular weight is 269 g/mol. The van der Waals surface area contributed by atoms with Gasteiger partial charge in [-0.25, -0.2) is 0 Å². The number of hydrogen-bond acceptors (Lipinski definition) is 2. The quantitative estimate of drug-likeness (QED) is 0.926. The second-order valence-corrected chi connectivity index (χ2v) is 4.31. The number of nitrogens with zero attached hydrogens (tertiary/aromatic N) is 2. The van der Waals surface area contributed by atoms with Crippen molar-refractivity contribution in [2.75, 3.05) is 5.32 Å². The highest BCUT2D eigenvalue weighted by molar-refractivity contribution is 5.46. The largest absolute Gasteiger partial charge is 0.416 e. The summed E-state index contributed by atoms with van der Waals surface area (Å²) < 4.78 is 40.1. The molecule has 0 radical (unpaired) electrons. The normalized spacial score (nSPS) is 11.6. The van der Waals surface area contributed by atoms with E-state index in [2.05, 4.69) is 10.4 Å². The molecule has 0 saturated carbocycles. The van der Waals surface area contributed by atoms with E-state index in [1.54, 1.807) is 30.9 Å². The number of benzene rings is 1. The molecule has 6 heteroatoms. The molecule has 0 spiro atoms. The molecule has 0 aliphatic heterocycles. The zero-order valence-corrected chi connectivity index (χ0v) is 10.6. The first-order chi connectivity index (χ1) is 8.88. The molecule has 2 aromatic rings. The van der Waals surface area contributed by atoms with Crippen LogP contribution in [0.2, 0.25) is 0 Å². The summed E-state index contributed by atoms with van der Waals surface area (Å²) in [6, 6.07) is 5.55. The van der Waals surface area contributed by atoms with Gasteiger partial charge in [0, 0.05) is 19.8 Å². The number of aryl methyl sites for hydroxylation is 2. The van der Waals surface area contributed by atoms with E-state index in [0.29, 0.717) is 0 Å². The Morgan fingerprint density at radius 1 is 1.26 bits per heavy atom. The highest BCUT2D eigenvalue weighted by Crippen LogP contribution is 2.32. The van der Waals surface area contributed by atoms with E-state index >= 15 is 0 Å². The van der Waals surface area contributed by atoms with Crippen molar-refractivity contribution in [3.8, 4) is 0 Å². The lowest BCUT2D eigenvalue weighted by Gasteiger charge is -2.13. The molecule has 0 aliphatic rings. The van der Waals surface area contributed by atoms with Crippen LogP contribution in [0, 0.1) is 6.92 Å². The van der Waals surface area contributed by atoms with Crippen LogP contribution in [0.15, 0.2) is 30.5 Å². The predicted octanol–water partition coefficient (Wildman–Crippen LogP) is 3.36. The van der Waals surface area contributed by atoms with Gasteiger partial charge in [-0.2, -0.15) is 18.3 Å². The van der Waals surface area contributed by atoms with Gasteiger partial charge in [-0.15, -0.1) is 0 Å². The fourth-order valence-electron chi connectivity index (χ4n) is 1.91. The van der Waals surface area contributed by atoms with Crippen LogP contribution in [0.25, 0.3) is 0 Å². The Kier molecular flexibility index (Phi) is 3.50. The third-order valence-electron chi connectivity index (χ3n) is 2.81. The Morgan fingerprint density at radius 2 is 1.95 bits per heavy atom. The molecule has 1 N–H and O–H groups in total. The smallest absolute Gasteiger partial charge is 0.378 e. The third kappa shape index (κ3) is 3.07. The molecule has 0 fully saturated rings. The fraction of sp³-hybridized carbons (Fsp3) is 0.308. The van der Waals surface area contributed by atoms with Crippen LogP contribution in [0.1, 0.15) is 16.8 Å². The number of rotatable bonds is 3. The SMILES string of the molecule is Cc1nn(C)cc1NCc1ccccc1C(F)(F)F. The molecular weight excluding hydrogens is 255 g/mol. The molecule has 0 aliphatic carbocycles. The number of alkyl halides is 3. The van der Waals surface area contributed by atoms with E-state index in [4.69, 9.17) is 0 Å². The Morgan fingerprint density at radius 3 is 2.53 bits per heavy atom. The lowest BCUT2D eigenvalue weighted by atomic mass is 10.1. The summed E-state index contributed by atoms with van der Waals surface area (Å²) in [7, 11) is 1.77. The molecule has 1 aromatic carbocycles. The summed E-state index contributed by atoms with van der Waals surface area (Å²) in [5, 5.41) is 7.11. The molecular formula is C13H14F3N3. The lowest BCUT2D eigenvalue weighted by Crippen LogP contribution is -2.11. The lowest BCUT2D eigenvalue weighted by molar-refractivity contribution is -0.138. The zero-order valence-electron chi connectivity index (χ0n) is 10.6. The standard InChI is InChI=1S/C13H14F3N3/c1-9-12(8-19(2)18-9)17-7-10-5-3-4-6-11(10)13(14,15)16/h3-6,8,17H,7H2,1-2H3. The first-order valence-corrected chi connectivity index (χ1v) is 5.77. The maximum Gasteiger partial charge on any atom is 0.416 e. The van der Waals surface area contributed by atoms with E-state index in [9.17, 15) is 13.2 Å². The van der Waals surface area contributed by atoms with Gasteiger partial charge in [0.15, 0.2) is 0 Å². The molecule has 102 valence electrons. The van der Waals surface area contributed by atoms with Crippen LogP contribution in [-0.4, -0.2) is 9.78 Å². The van der Waals surface area contributed by atoms with Crippen molar-refractivity contribution < 1.29 is 13.2 Å². The Balaban J connectivity index is 2.18. The molecule has 19 heavy (non-hydrogen) atoms. The van der Waals surface area contributed by atoms with Gasteiger partial charge in [-0.3, -0.25) is 4.68 Å². The Bertz CT molecular complexity index is 573. The first kappa shape index (κ1) is 13.5. The molecule has 0 atom stereocenters. The van der Waals surface area contributed by atoms with Crippen LogP contribution >= 0.6 is 0 Å². The molecule has 0 unspecified atom stereocenters. The van der Waals surface area contributed by atoms with Crippen molar-refractivity contribution in [3.05, 3.63) is 47.3 Å². The molecule has 3 nitrogen and oxygen atoms in total. The van der Waals surface area contributed by atoms with E-state index in [-0.39, 0.29) is 12.1 Å². The second kappa shape index (κ2) is 4.95. The van der Waals surface area contributed by atoms with E-state index in [1.807, 2.05) is 0 Å². The number of halogens is 3. The van der Waals surface area contributed by atoms with Crippen LogP contribution in [0.5, 0.6) is 0 Å². The van der Waals surface area contributed by atoms with Gasteiger partial charge in [0.25, 0.3) is 0 Å². The minimum absolute atomic E-state index is 0.113. The summed E-state index contributed by atoms with van der Waals surface area (Å²) in [5.74, 6) is 0. The summed E-state index contributed by atoms with van der Waals surface area (Å²) in [6.45, 7) is 1.92. The Labute approximate surface area is 109 Å². The van der Waals surface area contributed by atoms with Gasteiger partial charge < -0.3 is 5.32 Å². The van der Waals surface area contributed by atoms with Crippen LogP contribution in [-0.2, 0) is 19.8 Å². The third-order valence-corrected chi connectivity index (χ3v) is 2.81. The number of nitrogens with one attached hydrogen (secondary N) is 1. The van der Waals surface area contributed by atoms with Crippen molar-refractivity contribution in [2.24, 2.45) is 7.05 Å². The van der Waals surface area contributed by atoms with Crippen molar-refractivity contribution >= 4 is 5.69 Å². The van der Waals surface area contributed by atoms with Crippen LogP contribution < -0.4 is 5.32 Å². The van der Waals surface area contributed by atoms with Gasteiger partial charge in [-0.1, -0.05) is 18.2 Å². The topological polar surface area (TPSA) is 29.9 Å². The van der Waals surface area contributed by atoms with Gasteiger partial charge in [0.1, 0.15) is 0 Å². The van der Waals surface area contributed by atoms with Gasteiger partial charge in [-0.05, 0) is 18.6 Å². The van der Waals surface area contributed by atoms with Crippen molar-refractivity contribution in [2.45, 2.75) is 19.6 Å². The molecule has 0 bridgehead atoms. The van der Waals surface area contributed by atoms with Crippen molar-refractivity contribution in [1.29, 1.82) is 0 Å². The van der Waals surface area contributed by atoms with Crippen molar-refractivity contribution in [3.63, 3.8) is 0 Å². The van der Waals surface area contributed by atoms with Gasteiger partial charge >= 0.3 is 6.18 Å². The monoisotopic (exact) mass is 269 g/mol. The van der Waals surface area contributed by atoms with E-state index < -0.39 is 11.7 Å². The molecule has 1 heterocycles. The van der Waals surface area contributed by atoms with Crippen LogP contribution in [0.4, 0.5) is 18.9 Å². The minimum Gasteiger partial charge on any atom is -0.378 e. The molecule has 1 aromatic heterocycles. The summed E-state index contributed by atoms with van der Waals surface area (Å²) in [5.41, 5.74) is 1.11. The zero-order chi connectivity index (χ0) is 14.0. The first-order valence-electron chi connectivity index (χ1n) is 5.77. The highest BCUT2D eigenvalue weighted by Gasteiger charge is 2.32. The van der Waals surface area contributed by atoms with E-state index in [0.717, 1.165) is 17.4 Å². The maximum absolute atomic E-state index is 12.8. The van der Waals surface area contributed by atoms with Gasteiger partial charge in [0.2, 0.25) is 0 Å². The number of hydrogen-bond donors (Lipinski definition) is 1. The highest BCUT2D eigenvalue weighted by atomic mass is 19.4. The fourth-order valence-corrected chi connectivity index (χ4v) is 1.91. The van der Waals surface area contributed by atoms with E-state index in [1.165, 1.54) is 12.1 Å². The summed E-state index contributed by atoms with van der Waals surface area (Å²) in [4.78, 5) is 0. The van der Waals surface area contributed by atoms with Gasteiger partial charge in [0.05, 0.1) is 16.9 Å². The summed E-state index contributed by atoms with van der Waals surface area (Å²) in [6.07, 6.45) is -2.59. The van der Waals surface area contributed by atoms with Crippen LogP contribution in [0.3, 0.4) is 0 Å². The van der Waals surface area contributed by atoms with Crippen molar-refractivity contribution in [1.82, 2.24) is 9.78 Å². The number of anilines is 1. The average Bonchev–Trinajstić information content (AvgIpc) is 2.64. The predicted molar refractivity (Wildman–Crippen MR) is 66.7 cm³/mol. The Hall–Kier alpha value is -1.98. The minimum atomic E-state index is -4.33. The molecule has 2 rings (SSSR count). The molecule has 0 amide bonds. The summed E-state index contributed by atoms with van der Waals surface area (Å²) >= 11 is 0.